The Hall–Kier alpha value is -0.290. The maximum Gasteiger partial charge on any atom is 0.247 e. The minimum Gasteiger partial charge on any atom is -0.384 e. The van der Waals surface area contributed by atoms with Crippen LogP contribution in [0.5, 0.6) is 0 Å². The number of halogens is 2. The molecule has 1 atom stereocenters. The Labute approximate surface area is 111 Å². The van der Waals surface area contributed by atoms with Gasteiger partial charge in [0.25, 0.3) is 0 Å². The minimum absolute atomic E-state index is 0.233. The third-order valence-corrected chi connectivity index (χ3v) is 6.14. The molecule has 0 bridgehead atoms. The quantitative estimate of drug-likeness (QED) is 0.869. The molecule has 96 valence electrons. The summed E-state index contributed by atoms with van der Waals surface area (Å²) in [6, 6.07) is 6.71. The van der Waals surface area contributed by atoms with Crippen LogP contribution >= 0.6 is 23.2 Å². The van der Waals surface area contributed by atoms with Gasteiger partial charge in [0.15, 0.2) is 9.84 Å². The number of aryl methyl sites for hydroxylation is 1. The van der Waals surface area contributed by atoms with E-state index in [1.54, 1.807) is 24.3 Å². The van der Waals surface area contributed by atoms with Gasteiger partial charge in [0, 0.05) is 0 Å². The second kappa shape index (κ2) is 5.14. The van der Waals surface area contributed by atoms with E-state index >= 15 is 0 Å². The van der Waals surface area contributed by atoms with Crippen molar-refractivity contribution in [2.45, 2.75) is 23.6 Å². The van der Waals surface area contributed by atoms with Crippen LogP contribution in [0.1, 0.15) is 24.2 Å². The highest BCUT2D eigenvalue weighted by Gasteiger charge is 2.46. The van der Waals surface area contributed by atoms with E-state index < -0.39 is 19.6 Å². The van der Waals surface area contributed by atoms with Crippen molar-refractivity contribution < 1.29 is 13.5 Å². The largest absolute Gasteiger partial charge is 0.384 e. The van der Waals surface area contributed by atoms with Gasteiger partial charge in [-0.05, 0) is 12.5 Å². The van der Waals surface area contributed by atoms with Crippen LogP contribution in [0.15, 0.2) is 24.3 Å². The van der Waals surface area contributed by atoms with Gasteiger partial charge in [-0.1, -0.05) is 60.0 Å². The molecule has 0 radical (unpaired) electrons. The van der Waals surface area contributed by atoms with Gasteiger partial charge in [-0.2, -0.15) is 0 Å². The van der Waals surface area contributed by atoms with E-state index in [1.165, 1.54) is 6.92 Å². The molecule has 0 heterocycles. The van der Waals surface area contributed by atoms with Gasteiger partial charge in [0.05, 0.1) is 5.75 Å². The summed E-state index contributed by atoms with van der Waals surface area (Å²) in [7, 11) is -3.77. The first-order valence-electron chi connectivity index (χ1n) is 5.07. The molecular formula is C11H14Cl2O3S. The zero-order valence-electron chi connectivity index (χ0n) is 9.52. The normalized spacial score (nSPS) is 14.6. The van der Waals surface area contributed by atoms with E-state index in [0.29, 0.717) is 5.56 Å². The van der Waals surface area contributed by atoms with Crippen molar-refractivity contribution in [3.05, 3.63) is 35.4 Å². The summed E-state index contributed by atoms with van der Waals surface area (Å²) in [6.07, 6.45) is -1.48. The van der Waals surface area contributed by atoms with Crippen molar-refractivity contribution in [2.24, 2.45) is 0 Å². The number of benzene rings is 1. The summed E-state index contributed by atoms with van der Waals surface area (Å²) in [5.74, 6) is -0.233. The molecule has 0 aliphatic carbocycles. The third-order valence-electron chi connectivity index (χ3n) is 2.51. The molecule has 0 saturated carbocycles. The maximum absolute atomic E-state index is 11.7. The Morgan fingerprint density at radius 3 is 2.18 bits per heavy atom. The Kier molecular flexibility index (Phi) is 4.47. The molecule has 0 aliphatic heterocycles. The van der Waals surface area contributed by atoms with Crippen molar-refractivity contribution >= 4 is 33.0 Å². The Morgan fingerprint density at radius 1 is 1.29 bits per heavy atom. The van der Waals surface area contributed by atoms with Gasteiger partial charge in [0.1, 0.15) is 6.10 Å². The average Bonchev–Trinajstić information content (AvgIpc) is 2.28. The van der Waals surface area contributed by atoms with E-state index in [-0.39, 0.29) is 5.75 Å². The SMILES string of the molecule is CCS(=O)(=O)C(Cl)(Cl)[C@H](O)c1ccc(C)cc1. The molecule has 6 heteroatoms. The Morgan fingerprint density at radius 2 is 1.76 bits per heavy atom. The fourth-order valence-corrected chi connectivity index (χ4v) is 3.07. The second-order valence-electron chi connectivity index (χ2n) is 3.78. The van der Waals surface area contributed by atoms with Crippen LogP contribution < -0.4 is 0 Å². The highest BCUT2D eigenvalue weighted by Crippen LogP contribution is 2.41. The summed E-state index contributed by atoms with van der Waals surface area (Å²) in [4.78, 5) is 0. The van der Waals surface area contributed by atoms with Gasteiger partial charge in [-0.15, -0.1) is 0 Å². The van der Waals surface area contributed by atoms with Crippen LogP contribution in [0.4, 0.5) is 0 Å². The van der Waals surface area contributed by atoms with Crippen LogP contribution in [0.2, 0.25) is 0 Å². The molecule has 1 N–H and O–H groups in total. The fourth-order valence-electron chi connectivity index (χ4n) is 1.31. The molecule has 0 spiro atoms. The number of aliphatic hydroxyl groups is 1. The summed E-state index contributed by atoms with van der Waals surface area (Å²) >= 11 is 11.6. The standard InChI is InChI=1S/C11H14Cl2O3S/c1-3-17(15,16)11(12,13)10(14)9-6-4-8(2)5-7-9/h4-7,10,14H,3H2,1-2H3/t10-/m1/s1. The summed E-state index contributed by atoms with van der Waals surface area (Å²) in [5, 5.41) is 9.96. The van der Waals surface area contributed by atoms with Crippen molar-refractivity contribution in [2.75, 3.05) is 5.75 Å². The molecule has 0 aromatic heterocycles. The second-order valence-corrected chi connectivity index (χ2v) is 8.06. The molecule has 0 saturated heterocycles. The molecule has 0 fully saturated rings. The van der Waals surface area contributed by atoms with Gasteiger partial charge in [0.2, 0.25) is 3.67 Å². The van der Waals surface area contributed by atoms with Gasteiger partial charge < -0.3 is 5.11 Å². The van der Waals surface area contributed by atoms with Crippen LogP contribution in [0, 0.1) is 6.92 Å². The number of hydrogen-bond acceptors (Lipinski definition) is 3. The average molecular weight is 297 g/mol. The van der Waals surface area contributed by atoms with Crippen LogP contribution in [0.3, 0.4) is 0 Å². The van der Waals surface area contributed by atoms with Crippen LogP contribution in [-0.2, 0) is 9.84 Å². The van der Waals surface area contributed by atoms with E-state index in [1.807, 2.05) is 6.92 Å². The first kappa shape index (κ1) is 14.8. The molecule has 0 amide bonds. The molecule has 1 aromatic carbocycles. The number of hydrogen-bond donors (Lipinski definition) is 1. The lowest BCUT2D eigenvalue weighted by Gasteiger charge is -2.25. The number of sulfone groups is 1. The molecule has 1 aromatic rings. The predicted molar refractivity (Wildman–Crippen MR) is 70.0 cm³/mol. The molecule has 0 aliphatic rings. The summed E-state index contributed by atoms with van der Waals surface area (Å²) < 4.78 is 21.1. The first-order chi connectivity index (χ1) is 7.72. The molecule has 3 nitrogen and oxygen atoms in total. The van der Waals surface area contributed by atoms with E-state index in [9.17, 15) is 13.5 Å². The van der Waals surface area contributed by atoms with E-state index in [2.05, 4.69) is 0 Å². The minimum atomic E-state index is -3.77. The van der Waals surface area contributed by atoms with Crippen molar-refractivity contribution in [3.8, 4) is 0 Å². The lowest BCUT2D eigenvalue weighted by atomic mass is 10.1. The summed E-state index contributed by atoms with van der Waals surface area (Å²) in [5.41, 5.74) is 1.37. The van der Waals surface area contributed by atoms with Crippen LogP contribution in [-0.4, -0.2) is 22.9 Å². The van der Waals surface area contributed by atoms with Gasteiger partial charge in [-0.3, -0.25) is 0 Å². The van der Waals surface area contributed by atoms with Crippen molar-refractivity contribution in [1.82, 2.24) is 0 Å². The molecule has 0 unspecified atom stereocenters. The predicted octanol–water partition coefficient (Wildman–Crippen LogP) is 2.59. The van der Waals surface area contributed by atoms with E-state index in [0.717, 1.165) is 5.56 Å². The Balaban J connectivity index is 3.12. The fraction of sp³-hybridized carbons (Fsp3) is 0.455. The first-order valence-corrected chi connectivity index (χ1v) is 7.48. The lowest BCUT2D eigenvalue weighted by Crippen LogP contribution is -2.34. The maximum atomic E-state index is 11.7. The zero-order valence-corrected chi connectivity index (χ0v) is 11.9. The molecular weight excluding hydrogens is 283 g/mol. The topological polar surface area (TPSA) is 54.4 Å². The molecule has 1 rings (SSSR count). The number of aliphatic hydroxyl groups excluding tert-OH is 1. The highest BCUT2D eigenvalue weighted by atomic mass is 35.5. The Bertz CT molecular complexity index is 480. The third kappa shape index (κ3) is 2.94. The summed E-state index contributed by atoms with van der Waals surface area (Å²) in [6.45, 7) is 3.31. The highest BCUT2D eigenvalue weighted by molar-refractivity contribution is 7.95. The van der Waals surface area contributed by atoms with Gasteiger partial charge in [-0.25, -0.2) is 8.42 Å². The van der Waals surface area contributed by atoms with Crippen LogP contribution in [0.25, 0.3) is 0 Å². The van der Waals surface area contributed by atoms with E-state index in [4.69, 9.17) is 23.2 Å². The number of rotatable bonds is 4. The van der Waals surface area contributed by atoms with Crippen molar-refractivity contribution in [1.29, 1.82) is 0 Å². The van der Waals surface area contributed by atoms with Gasteiger partial charge >= 0.3 is 0 Å². The molecule has 17 heavy (non-hydrogen) atoms. The number of alkyl halides is 2. The smallest absolute Gasteiger partial charge is 0.247 e. The lowest BCUT2D eigenvalue weighted by molar-refractivity contribution is 0.181. The monoisotopic (exact) mass is 296 g/mol. The van der Waals surface area contributed by atoms with Crippen molar-refractivity contribution in [3.63, 3.8) is 0 Å². The zero-order chi connectivity index (χ0) is 13.3.